The van der Waals surface area contributed by atoms with Crippen LogP contribution in [0.15, 0.2) is 30.5 Å². The Labute approximate surface area is 150 Å². The minimum Gasteiger partial charge on any atom is -0.465 e. The van der Waals surface area contributed by atoms with Crippen LogP contribution in [0.25, 0.3) is 5.65 Å². The molecule has 1 N–H and O–H groups in total. The molecule has 0 saturated heterocycles. The third-order valence-electron chi connectivity index (χ3n) is 3.31. The largest absolute Gasteiger partial charge is 0.465 e. The van der Waals surface area contributed by atoms with Crippen LogP contribution in [0.2, 0.25) is 10.2 Å². The van der Waals surface area contributed by atoms with Gasteiger partial charge in [0.25, 0.3) is 0 Å². The van der Waals surface area contributed by atoms with E-state index in [9.17, 15) is 14.3 Å². The molecule has 0 fully saturated rings. The molecule has 0 atom stereocenters. The first-order chi connectivity index (χ1) is 11.9. The number of aromatic nitrogens is 3. The third-order valence-corrected chi connectivity index (χ3v) is 3.72. The zero-order valence-electron chi connectivity index (χ0n) is 12.3. The Balaban J connectivity index is 2.13. The Hall–Kier alpha value is -2.89. The van der Waals surface area contributed by atoms with Gasteiger partial charge in [0.05, 0.1) is 12.7 Å². The van der Waals surface area contributed by atoms with Crippen LogP contribution in [0, 0.1) is 17.1 Å². The van der Waals surface area contributed by atoms with E-state index in [0.717, 1.165) is 11.0 Å². The minimum absolute atomic E-state index is 0.0111. The van der Waals surface area contributed by atoms with Crippen molar-refractivity contribution in [3.05, 3.63) is 57.6 Å². The Morgan fingerprint density at radius 3 is 2.76 bits per heavy atom. The highest BCUT2D eigenvalue weighted by molar-refractivity contribution is 6.30. The van der Waals surface area contributed by atoms with E-state index in [2.05, 4.69) is 10.1 Å². The molecule has 0 aliphatic rings. The zero-order chi connectivity index (χ0) is 18.1. The third kappa shape index (κ3) is 3.33. The van der Waals surface area contributed by atoms with Crippen LogP contribution in [0.4, 0.5) is 15.0 Å². The number of anilines is 1. The summed E-state index contributed by atoms with van der Waals surface area (Å²) in [6.45, 7) is -0.204. The maximum atomic E-state index is 13.5. The number of hydrogen-bond donors (Lipinski definition) is 1. The summed E-state index contributed by atoms with van der Waals surface area (Å²) >= 11 is 11.8. The lowest BCUT2D eigenvalue weighted by Gasteiger charge is -2.20. The van der Waals surface area contributed by atoms with E-state index >= 15 is 0 Å². The first-order valence-electron chi connectivity index (χ1n) is 6.79. The molecule has 10 heteroatoms. The molecule has 1 aromatic carbocycles. The molecule has 0 aliphatic heterocycles. The summed E-state index contributed by atoms with van der Waals surface area (Å²) in [6, 6.07) is 6.93. The van der Waals surface area contributed by atoms with Crippen molar-refractivity contribution in [2.75, 3.05) is 4.90 Å². The van der Waals surface area contributed by atoms with Gasteiger partial charge in [0.1, 0.15) is 28.4 Å². The van der Waals surface area contributed by atoms with Crippen molar-refractivity contribution in [3.63, 3.8) is 0 Å². The smallest absolute Gasteiger partial charge is 0.413 e. The van der Waals surface area contributed by atoms with Crippen molar-refractivity contribution < 1.29 is 14.3 Å². The highest BCUT2D eigenvalue weighted by atomic mass is 35.5. The second-order valence-electron chi connectivity index (χ2n) is 4.99. The molecule has 0 saturated carbocycles. The Bertz CT molecular complexity index is 1010. The fourth-order valence-electron chi connectivity index (χ4n) is 2.32. The molecule has 2 aromatic heterocycles. The van der Waals surface area contributed by atoms with Gasteiger partial charge < -0.3 is 5.11 Å². The molecule has 0 unspecified atom stereocenters. The summed E-state index contributed by atoms with van der Waals surface area (Å²) in [5.74, 6) is -0.527. The molecule has 7 nitrogen and oxygen atoms in total. The van der Waals surface area contributed by atoms with Gasteiger partial charge in [0.2, 0.25) is 0 Å². The Morgan fingerprint density at radius 1 is 1.36 bits per heavy atom. The summed E-state index contributed by atoms with van der Waals surface area (Å²) < 4.78 is 14.7. The molecule has 0 aliphatic carbocycles. The standard InChI is InChI=1S/C15H8Cl2FN5O2/c16-10-1-8(2-11(18)3-10)7-22(15(24)25)13-4-12(17)21-14-9(5-19)6-20-23(13)14/h1-4,6H,7H2,(H,24,25). The normalized spacial score (nSPS) is 10.6. The van der Waals surface area contributed by atoms with Crippen molar-refractivity contribution in [3.8, 4) is 6.07 Å². The maximum absolute atomic E-state index is 13.5. The van der Waals surface area contributed by atoms with Gasteiger partial charge in [-0.2, -0.15) is 14.9 Å². The van der Waals surface area contributed by atoms with Crippen molar-refractivity contribution in [2.45, 2.75) is 6.54 Å². The highest BCUT2D eigenvalue weighted by Gasteiger charge is 2.21. The number of amides is 1. The van der Waals surface area contributed by atoms with Crippen LogP contribution >= 0.6 is 23.2 Å². The number of nitriles is 1. The van der Waals surface area contributed by atoms with E-state index in [-0.39, 0.29) is 33.7 Å². The summed E-state index contributed by atoms with van der Waals surface area (Å²) in [6.07, 6.45) is -0.0701. The molecule has 2 heterocycles. The summed E-state index contributed by atoms with van der Waals surface area (Å²) in [7, 11) is 0. The van der Waals surface area contributed by atoms with E-state index in [1.165, 1.54) is 28.9 Å². The monoisotopic (exact) mass is 379 g/mol. The predicted octanol–water partition coefficient (Wildman–Crippen LogP) is 3.73. The fraction of sp³-hybridized carbons (Fsp3) is 0.0667. The molecule has 0 spiro atoms. The first-order valence-corrected chi connectivity index (χ1v) is 7.54. The lowest BCUT2D eigenvalue weighted by molar-refractivity contribution is 0.201. The second-order valence-corrected chi connectivity index (χ2v) is 5.81. The molecule has 1 amide bonds. The number of benzene rings is 1. The average Bonchev–Trinajstić information content (AvgIpc) is 2.93. The Morgan fingerprint density at radius 2 is 2.12 bits per heavy atom. The van der Waals surface area contributed by atoms with Crippen LogP contribution in [-0.2, 0) is 6.54 Å². The lowest BCUT2D eigenvalue weighted by atomic mass is 10.2. The maximum Gasteiger partial charge on any atom is 0.413 e. The van der Waals surface area contributed by atoms with Gasteiger partial charge in [0, 0.05) is 11.1 Å². The zero-order valence-corrected chi connectivity index (χ0v) is 13.8. The van der Waals surface area contributed by atoms with Crippen LogP contribution < -0.4 is 4.90 Å². The minimum atomic E-state index is -1.32. The summed E-state index contributed by atoms with van der Waals surface area (Å²) in [5.41, 5.74) is 0.595. The quantitative estimate of drug-likeness (QED) is 0.699. The number of carbonyl (C=O) groups is 1. The van der Waals surface area contributed by atoms with Crippen molar-refractivity contribution in [1.82, 2.24) is 14.6 Å². The van der Waals surface area contributed by atoms with Gasteiger partial charge >= 0.3 is 6.09 Å². The highest BCUT2D eigenvalue weighted by Crippen LogP contribution is 2.24. The van der Waals surface area contributed by atoms with Gasteiger partial charge in [-0.1, -0.05) is 23.2 Å². The van der Waals surface area contributed by atoms with E-state index in [1.54, 1.807) is 0 Å². The van der Waals surface area contributed by atoms with Gasteiger partial charge in [-0.3, -0.25) is 4.90 Å². The molecule has 3 aromatic rings. The number of fused-ring (bicyclic) bond motifs is 1. The number of nitrogens with zero attached hydrogens (tertiary/aromatic N) is 5. The van der Waals surface area contributed by atoms with Gasteiger partial charge in [-0.25, -0.2) is 14.2 Å². The van der Waals surface area contributed by atoms with Crippen molar-refractivity contribution in [1.29, 1.82) is 5.26 Å². The van der Waals surface area contributed by atoms with Crippen molar-refractivity contribution >= 4 is 40.8 Å². The topological polar surface area (TPSA) is 94.5 Å². The number of carboxylic acid groups (broad SMARTS) is 1. The molecular weight excluding hydrogens is 372 g/mol. The molecule has 0 radical (unpaired) electrons. The fourth-order valence-corrected chi connectivity index (χ4v) is 2.74. The summed E-state index contributed by atoms with van der Waals surface area (Å²) in [5, 5.41) is 22.8. The predicted molar refractivity (Wildman–Crippen MR) is 88.3 cm³/mol. The van der Waals surface area contributed by atoms with E-state index in [1.807, 2.05) is 6.07 Å². The van der Waals surface area contributed by atoms with Gasteiger partial charge in [-0.15, -0.1) is 0 Å². The Kier molecular flexibility index (Phi) is 4.44. The molecule has 126 valence electrons. The van der Waals surface area contributed by atoms with E-state index < -0.39 is 11.9 Å². The number of rotatable bonds is 3. The SMILES string of the molecule is N#Cc1cnn2c(N(Cc3cc(F)cc(Cl)c3)C(=O)O)cc(Cl)nc12. The van der Waals surface area contributed by atoms with Crippen LogP contribution in [0.1, 0.15) is 11.1 Å². The van der Waals surface area contributed by atoms with E-state index in [0.29, 0.717) is 5.56 Å². The lowest BCUT2D eigenvalue weighted by Crippen LogP contribution is -2.30. The average molecular weight is 380 g/mol. The molecule has 25 heavy (non-hydrogen) atoms. The second kappa shape index (κ2) is 6.55. The van der Waals surface area contributed by atoms with Crippen LogP contribution in [0.5, 0.6) is 0 Å². The van der Waals surface area contributed by atoms with Crippen LogP contribution in [0.3, 0.4) is 0 Å². The molecular formula is C15H8Cl2FN5O2. The van der Waals surface area contributed by atoms with E-state index in [4.69, 9.17) is 28.5 Å². The first kappa shape index (κ1) is 17.0. The summed E-state index contributed by atoms with van der Waals surface area (Å²) in [4.78, 5) is 16.6. The van der Waals surface area contributed by atoms with Crippen LogP contribution in [-0.4, -0.2) is 25.8 Å². The molecule has 3 rings (SSSR count). The van der Waals surface area contributed by atoms with Crippen molar-refractivity contribution in [2.24, 2.45) is 0 Å². The molecule has 0 bridgehead atoms. The van der Waals surface area contributed by atoms with Gasteiger partial charge in [0.15, 0.2) is 5.65 Å². The number of hydrogen-bond acceptors (Lipinski definition) is 4. The van der Waals surface area contributed by atoms with Gasteiger partial charge in [-0.05, 0) is 23.8 Å². The number of halogens is 3.